The van der Waals surface area contributed by atoms with Gasteiger partial charge in [0, 0.05) is 12.7 Å². The van der Waals surface area contributed by atoms with Crippen molar-refractivity contribution in [3.05, 3.63) is 53.5 Å². The highest BCUT2D eigenvalue weighted by molar-refractivity contribution is 6.06. The first-order chi connectivity index (χ1) is 9.02. The van der Waals surface area contributed by atoms with Crippen molar-refractivity contribution in [2.24, 2.45) is 0 Å². The molecule has 19 heavy (non-hydrogen) atoms. The van der Waals surface area contributed by atoms with Gasteiger partial charge in [-0.2, -0.15) is 0 Å². The molecule has 0 fully saturated rings. The van der Waals surface area contributed by atoms with Crippen molar-refractivity contribution in [2.75, 3.05) is 11.9 Å². The highest BCUT2D eigenvalue weighted by Crippen LogP contribution is 2.27. The molecule has 3 nitrogen and oxygen atoms in total. The fraction of sp³-hybridized carbons (Fsp3) is 0.312. The Morgan fingerprint density at radius 1 is 1.21 bits per heavy atom. The lowest BCUT2D eigenvalue weighted by Crippen LogP contribution is -2.27. The minimum atomic E-state index is -0.0423. The Bertz CT molecular complexity index is 584. The van der Waals surface area contributed by atoms with Crippen molar-refractivity contribution in [3.63, 3.8) is 0 Å². The van der Waals surface area contributed by atoms with Crippen LogP contribution in [0.15, 0.2) is 41.0 Å². The molecule has 0 radical (unpaired) electrons. The number of para-hydroxylation sites is 1. The Morgan fingerprint density at radius 3 is 2.47 bits per heavy atom. The zero-order chi connectivity index (χ0) is 14.0. The molecule has 1 aromatic heterocycles. The number of aryl methyl sites for hydroxylation is 1. The summed E-state index contributed by atoms with van der Waals surface area (Å²) in [4.78, 5) is 14.2. The number of amides is 1. The summed E-state index contributed by atoms with van der Waals surface area (Å²) >= 11 is 0. The normalized spacial score (nSPS) is 10.8. The Kier molecular flexibility index (Phi) is 3.74. The number of hydrogen-bond acceptors (Lipinski definition) is 2. The predicted molar refractivity (Wildman–Crippen MR) is 76.7 cm³/mol. The first-order valence-electron chi connectivity index (χ1n) is 6.43. The maximum Gasteiger partial charge on any atom is 0.261 e. The molecule has 0 aliphatic heterocycles. The molecule has 1 aromatic carbocycles. The van der Waals surface area contributed by atoms with Crippen LogP contribution in [0.25, 0.3) is 0 Å². The first-order valence-corrected chi connectivity index (χ1v) is 6.43. The molecular weight excluding hydrogens is 238 g/mol. The number of nitrogens with zero attached hydrogens (tertiary/aromatic N) is 1. The van der Waals surface area contributed by atoms with Crippen LogP contribution in [0.1, 0.15) is 41.4 Å². The lowest BCUT2D eigenvalue weighted by molar-refractivity contribution is 0.0991. The zero-order valence-corrected chi connectivity index (χ0v) is 11.8. The summed E-state index contributed by atoms with van der Waals surface area (Å²) in [5.74, 6) is 0.982. The Morgan fingerprint density at radius 2 is 1.89 bits per heavy atom. The molecule has 1 amide bonds. The smallest absolute Gasteiger partial charge is 0.261 e. The van der Waals surface area contributed by atoms with Crippen LogP contribution in [0.5, 0.6) is 0 Å². The number of anilines is 1. The predicted octanol–water partition coefficient (Wildman–Crippen LogP) is 3.99. The van der Waals surface area contributed by atoms with Gasteiger partial charge in [-0.05, 0) is 30.5 Å². The maximum absolute atomic E-state index is 12.5. The number of furan rings is 1. The molecule has 0 unspecified atom stereocenters. The van der Waals surface area contributed by atoms with Crippen LogP contribution < -0.4 is 4.90 Å². The molecule has 2 rings (SSSR count). The van der Waals surface area contributed by atoms with Crippen molar-refractivity contribution >= 4 is 11.6 Å². The summed E-state index contributed by atoms with van der Waals surface area (Å²) in [7, 11) is 1.80. The van der Waals surface area contributed by atoms with E-state index in [-0.39, 0.29) is 5.91 Å². The van der Waals surface area contributed by atoms with Crippen molar-refractivity contribution in [1.82, 2.24) is 0 Å². The molecule has 0 bridgehead atoms. The summed E-state index contributed by atoms with van der Waals surface area (Å²) in [5, 5.41) is 0. The summed E-state index contributed by atoms with van der Waals surface area (Å²) < 4.78 is 5.20. The first kappa shape index (κ1) is 13.4. The van der Waals surface area contributed by atoms with E-state index in [4.69, 9.17) is 4.42 Å². The second-order valence-corrected chi connectivity index (χ2v) is 4.97. The zero-order valence-electron chi connectivity index (χ0n) is 11.8. The van der Waals surface area contributed by atoms with E-state index < -0.39 is 0 Å². The molecule has 1 heterocycles. The molecule has 3 heteroatoms. The molecule has 0 aliphatic rings. The van der Waals surface area contributed by atoms with Crippen LogP contribution in [0, 0.1) is 6.92 Å². The van der Waals surface area contributed by atoms with Crippen LogP contribution in [-0.2, 0) is 0 Å². The fourth-order valence-corrected chi connectivity index (χ4v) is 2.18. The van der Waals surface area contributed by atoms with Crippen LogP contribution in [-0.4, -0.2) is 13.0 Å². The van der Waals surface area contributed by atoms with E-state index in [2.05, 4.69) is 19.9 Å². The highest BCUT2D eigenvalue weighted by atomic mass is 16.3. The average Bonchev–Trinajstić information content (AvgIpc) is 2.83. The SMILES string of the molecule is Cc1occc1C(=O)N(C)c1ccccc1C(C)C. The van der Waals surface area contributed by atoms with E-state index in [1.54, 1.807) is 31.2 Å². The van der Waals surface area contributed by atoms with Gasteiger partial charge in [-0.1, -0.05) is 32.0 Å². The van der Waals surface area contributed by atoms with Crippen LogP contribution in [0.2, 0.25) is 0 Å². The lowest BCUT2D eigenvalue weighted by atomic mass is 10.0. The molecule has 0 N–H and O–H groups in total. The minimum absolute atomic E-state index is 0.0423. The number of rotatable bonds is 3. The average molecular weight is 257 g/mol. The Labute approximate surface area is 113 Å². The number of hydrogen-bond donors (Lipinski definition) is 0. The van der Waals surface area contributed by atoms with Crippen molar-refractivity contribution in [1.29, 1.82) is 0 Å². The third kappa shape index (κ3) is 2.55. The third-order valence-electron chi connectivity index (χ3n) is 3.31. The van der Waals surface area contributed by atoms with E-state index in [1.165, 1.54) is 5.56 Å². The summed E-state index contributed by atoms with van der Waals surface area (Å²) in [6, 6.07) is 9.70. The summed E-state index contributed by atoms with van der Waals surface area (Å²) in [6.45, 7) is 6.05. The van der Waals surface area contributed by atoms with Gasteiger partial charge in [0.05, 0.1) is 11.8 Å². The van der Waals surface area contributed by atoms with Crippen molar-refractivity contribution in [2.45, 2.75) is 26.7 Å². The monoisotopic (exact) mass is 257 g/mol. The van der Waals surface area contributed by atoms with Gasteiger partial charge >= 0.3 is 0 Å². The van der Waals surface area contributed by atoms with E-state index in [1.807, 2.05) is 18.2 Å². The van der Waals surface area contributed by atoms with Gasteiger partial charge in [-0.3, -0.25) is 4.79 Å². The largest absolute Gasteiger partial charge is 0.469 e. The quantitative estimate of drug-likeness (QED) is 0.833. The van der Waals surface area contributed by atoms with Gasteiger partial charge in [0.2, 0.25) is 0 Å². The molecular formula is C16H19NO2. The molecule has 0 saturated heterocycles. The second kappa shape index (κ2) is 5.31. The van der Waals surface area contributed by atoms with E-state index in [0.29, 0.717) is 17.2 Å². The third-order valence-corrected chi connectivity index (χ3v) is 3.31. The molecule has 0 atom stereocenters. The molecule has 0 saturated carbocycles. The van der Waals surface area contributed by atoms with Gasteiger partial charge in [0.25, 0.3) is 5.91 Å². The van der Waals surface area contributed by atoms with Crippen LogP contribution >= 0.6 is 0 Å². The van der Waals surface area contributed by atoms with Crippen LogP contribution in [0.4, 0.5) is 5.69 Å². The van der Waals surface area contributed by atoms with Crippen molar-refractivity contribution < 1.29 is 9.21 Å². The van der Waals surface area contributed by atoms with Gasteiger partial charge in [0.1, 0.15) is 5.76 Å². The van der Waals surface area contributed by atoms with E-state index >= 15 is 0 Å². The molecule has 0 aliphatic carbocycles. The summed E-state index contributed by atoms with van der Waals surface area (Å²) in [5.41, 5.74) is 2.73. The Balaban J connectivity index is 2.37. The van der Waals surface area contributed by atoms with E-state index in [0.717, 1.165) is 5.69 Å². The van der Waals surface area contributed by atoms with Gasteiger partial charge in [-0.25, -0.2) is 0 Å². The van der Waals surface area contributed by atoms with Gasteiger partial charge in [-0.15, -0.1) is 0 Å². The fourth-order valence-electron chi connectivity index (χ4n) is 2.18. The van der Waals surface area contributed by atoms with Gasteiger partial charge < -0.3 is 9.32 Å². The topological polar surface area (TPSA) is 33.5 Å². The number of carbonyl (C=O) groups excluding carboxylic acids is 1. The van der Waals surface area contributed by atoms with E-state index in [9.17, 15) is 4.79 Å². The number of benzene rings is 1. The molecule has 100 valence electrons. The lowest BCUT2D eigenvalue weighted by Gasteiger charge is -2.22. The minimum Gasteiger partial charge on any atom is -0.469 e. The molecule has 0 spiro atoms. The highest BCUT2D eigenvalue weighted by Gasteiger charge is 2.20. The standard InChI is InChI=1S/C16H19NO2/c1-11(2)13-7-5-6-8-15(13)17(4)16(18)14-9-10-19-12(14)3/h5-11H,1-4H3. The maximum atomic E-state index is 12.5. The molecule has 2 aromatic rings. The van der Waals surface area contributed by atoms with Crippen molar-refractivity contribution in [3.8, 4) is 0 Å². The van der Waals surface area contributed by atoms with Gasteiger partial charge in [0.15, 0.2) is 0 Å². The second-order valence-electron chi connectivity index (χ2n) is 4.97. The van der Waals surface area contributed by atoms with Crippen LogP contribution in [0.3, 0.4) is 0 Å². The number of carbonyl (C=O) groups is 1. The Hall–Kier alpha value is -2.03. The summed E-state index contributed by atoms with van der Waals surface area (Å²) in [6.07, 6.45) is 1.55.